The smallest absolute Gasteiger partial charge is 0.264 e. The monoisotopic (exact) mass is 543 g/mol. The highest BCUT2D eigenvalue weighted by Crippen LogP contribution is 2.26. The van der Waals surface area contributed by atoms with E-state index in [9.17, 15) is 18.0 Å². The summed E-state index contributed by atoms with van der Waals surface area (Å²) in [7, 11) is -2.65. The van der Waals surface area contributed by atoms with Gasteiger partial charge in [-0.3, -0.25) is 13.9 Å². The number of benzene rings is 3. The number of amides is 2. The number of nitrogens with zero attached hydrogens (tertiary/aromatic N) is 2. The molecule has 3 aromatic rings. The fraction of sp³-hybridized carbons (Fsp3) is 0.259. The first kappa shape index (κ1) is 28.0. The van der Waals surface area contributed by atoms with Crippen LogP contribution in [0.3, 0.4) is 0 Å². The van der Waals surface area contributed by atoms with Crippen molar-refractivity contribution in [2.24, 2.45) is 0 Å². The molecule has 8 nitrogen and oxygen atoms in total. The fourth-order valence-corrected chi connectivity index (χ4v) is 5.32. The second kappa shape index (κ2) is 12.6. The number of rotatable bonds is 11. The molecule has 1 N–H and O–H groups in total. The summed E-state index contributed by atoms with van der Waals surface area (Å²) in [5.74, 6) is -0.408. The lowest BCUT2D eigenvalue weighted by Crippen LogP contribution is -2.51. The number of halogens is 1. The van der Waals surface area contributed by atoms with Crippen molar-refractivity contribution in [1.29, 1.82) is 0 Å². The highest BCUT2D eigenvalue weighted by Gasteiger charge is 2.32. The van der Waals surface area contributed by atoms with Gasteiger partial charge in [0.15, 0.2) is 0 Å². The molecule has 3 rings (SSSR count). The van der Waals surface area contributed by atoms with Crippen molar-refractivity contribution in [2.75, 3.05) is 24.5 Å². The van der Waals surface area contributed by atoms with Gasteiger partial charge in [0.2, 0.25) is 11.8 Å². The molecule has 0 radical (unpaired) electrons. The molecule has 1 atom stereocenters. The molecule has 0 aromatic heterocycles. The Balaban J connectivity index is 2.01. The Labute approximate surface area is 222 Å². The zero-order valence-corrected chi connectivity index (χ0v) is 22.5. The maximum Gasteiger partial charge on any atom is 0.264 e. The highest BCUT2D eigenvalue weighted by atomic mass is 35.5. The molecule has 2 amide bonds. The van der Waals surface area contributed by atoms with Crippen LogP contribution in [-0.4, -0.2) is 51.4 Å². The minimum absolute atomic E-state index is 0.000573. The van der Waals surface area contributed by atoms with Crippen molar-refractivity contribution in [2.45, 2.75) is 31.3 Å². The van der Waals surface area contributed by atoms with E-state index in [2.05, 4.69) is 5.32 Å². The minimum Gasteiger partial charge on any atom is -0.497 e. The molecule has 10 heteroatoms. The van der Waals surface area contributed by atoms with Gasteiger partial charge in [-0.2, -0.15) is 0 Å². The molecule has 0 heterocycles. The quantitative estimate of drug-likeness (QED) is 0.393. The van der Waals surface area contributed by atoms with Crippen LogP contribution in [0.1, 0.15) is 19.4 Å². The summed E-state index contributed by atoms with van der Waals surface area (Å²) >= 11 is 6.34. The first-order valence-electron chi connectivity index (χ1n) is 11.7. The Bertz CT molecular complexity index is 1320. The fourth-order valence-electron chi connectivity index (χ4n) is 3.71. The number of likely N-dealkylation sites (N-methyl/N-ethyl adjacent to an activating group) is 1. The average molecular weight is 544 g/mol. The lowest BCUT2D eigenvalue weighted by Gasteiger charge is -2.32. The average Bonchev–Trinajstić information content (AvgIpc) is 2.91. The molecule has 0 fully saturated rings. The summed E-state index contributed by atoms with van der Waals surface area (Å²) in [4.78, 5) is 27.8. The lowest BCUT2D eigenvalue weighted by atomic mass is 10.1. The third kappa shape index (κ3) is 6.81. The summed E-state index contributed by atoms with van der Waals surface area (Å²) in [6.07, 6.45) is 0. The predicted molar refractivity (Wildman–Crippen MR) is 144 cm³/mol. The van der Waals surface area contributed by atoms with Gasteiger partial charge in [-0.05, 0) is 61.9 Å². The Hall–Kier alpha value is -3.56. The largest absolute Gasteiger partial charge is 0.497 e. The van der Waals surface area contributed by atoms with E-state index >= 15 is 0 Å². The molecular formula is C27H30ClN3O5S. The van der Waals surface area contributed by atoms with E-state index in [0.717, 1.165) is 4.31 Å². The van der Waals surface area contributed by atoms with Crippen molar-refractivity contribution < 1.29 is 22.7 Å². The number of ether oxygens (including phenoxy) is 1. The number of carbonyl (C=O) groups is 2. The predicted octanol–water partition coefficient (Wildman–Crippen LogP) is 4.10. The van der Waals surface area contributed by atoms with Gasteiger partial charge in [-0.1, -0.05) is 48.0 Å². The topological polar surface area (TPSA) is 96.0 Å². The second-order valence-electron chi connectivity index (χ2n) is 8.21. The van der Waals surface area contributed by atoms with Gasteiger partial charge in [0.25, 0.3) is 10.0 Å². The number of carbonyl (C=O) groups excluding carboxylic acids is 2. The third-order valence-corrected chi connectivity index (χ3v) is 7.94. The van der Waals surface area contributed by atoms with E-state index in [1.54, 1.807) is 80.6 Å². The van der Waals surface area contributed by atoms with E-state index in [1.807, 2.05) is 0 Å². The molecule has 0 aliphatic carbocycles. The molecule has 3 aromatic carbocycles. The van der Waals surface area contributed by atoms with Gasteiger partial charge in [0.1, 0.15) is 18.3 Å². The van der Waals surface area contributed by atoms with Crippen LogP contribution >= 0.6 is 11.6 Å². The molecule has 1 unspecified atom stereocenters. The number of nitrogens with one attached hydrogen (secondary N) is 1. The van der Waals surface area contributed by atoms with Crippen molar-refractivity contribution in [3.05, 3.63) is 89.4 Å². The summed E-state index contributed by atoms with van der Waals surface area (Å²) in [5, 5.41) is 3.16. The van der Waals surface area contributed by atoms with E-state index < -0.39 is 28.5 Å². The Kier molecular flexibility index (Phi) is 9.54. The van der Waals surface area contributed by atoms with Crippen LogP contribution in [0.5, 0.6) is 5.75 Å². The number of methoxy groups -OCH3 is 1. The highest BCUT2D eigenvalue weighted by molar-refractivity contribution is 7.92. The van der Waals surface area contributed by atoms with E-state index in [-0.39, 0.29) is 17.3 Å². The van der Waals surface area contributed by atoms with Gasteiger partial charge < -0.3 is 15.0 Å². The summed E-state index contributed by atoms with van der Waals surface area (Å²) in [6.45, 7) is 3.28. The Morgan fingerprint density at radius 2 is 1.59 bits per heavy atom. The maximum atomic E-state index is 13.7. The number of para-hydroxylation sites is 1. The number of hydrogen-bond donors (Lipinski definition) is 1. The van der Waals surface area contributed by atoms with Crippen molar-refractivity contribution >= 4 is 39.1 Å². The molecule has 0 saturated carbocycles. The Morgan fingerprint density at radius 1 is 0.973 bits per heavy atom. The van der Waals surface area contributed by atoms with Gasteiger partial charge in [0.05, 0.1) is 17.7 Å². The molecular weight excluding hydrogens is 514 g/mol. The zero-order valence-electron chi connectivity index (χ0n) is 20.9. The van der Waals surface area contributed by atoms with Crippen LogP contribution in [0, 0.1) is 0 Å². The SMILES string of the molecule is CCNC(=O)C(C)N(Cc1ccccc1Cl)C(=O)CN(c1ccccc1)S(=O)(=O)c1ccc(OC)cc1. The van der Waals surface area contributed by atoms with E-state index in [1.165, 1.54) is 24.1 Å². The summed E-state index contributed by atoms with van der Waals surface area (Å²) in [5.41, 5.74) is 0.952. The first-order chi connectivity index (χ1) is 17.7. The molecule has 0 aliphatic heterocycles. The maximum absolute atomic E-state index is 13.7. The van der Waals surface area contributed by atoms with Crippen LogP contribution in [0.25, 0.3) is 0 Å². The molecule has 0 aliphatic rings. The van der Waals surface area contributed by atoms with Crippen molar-refractivity contribution in [3.8, 4) is 5.75 Å². The van der Waals surface area contributed by atoms with Gasteiger partial charge in [0, 0.05) is 18.1 Å². The normalized spacial score (nSPS) is 11.9. The second-order valence-corrected chi connectivity index (χ2v) is 10.5. The van der Waals surface area contributed by atoms with Gasteiger partial charge in [-0.25, -0.2) is 8.42 Å². The van der Waals surface area contributed by atoms with Crippen LogP contribution in [-0.2, 0) is 26.2 Å². The molecule has 0 spiro atoms. The minimum atomic E-state index is -4.14. The number of anilines is 1. The van der Waals surface area contributed by atoms with Crippen molar-refractivity contribution in [3.63, 3.8) is 0 Å². The third-order valence-electron chi connectivity index (χ3n) is 5.79. The van der Waals surface area contributed by atoms with E-state index in [4.69, 9.17) is 16.3 Å². The Morgan fingerprint density at radius 3 is 2.19 bits per heavy atom. The lowest BCUT2D eigenvalue weighted by molar-refractivity contribution is -0.139. The van der Waals surface area contributed by atoms with Crippen LogP contribution < -0.4 is 14.4 Å². The molecule has 0 bridgehead atoms. The van der Waals surface area contributed by atoms with Crippen LogP contribution in [0.4, 0.5) is 5.69 Å². The van der Waals surface area contributed by atoms with Crippen LogP contribution in [0.2, 0.25) is 5.02 Å². The van der Waals surface area contributed by atoms with E-state index in [0.29, 0.717) is 28.6 Å². The van der Waals surface area contributed by atoms with Crippen molar-refractivity contribution in [1.82, 2.24) is 10.2 Å². The number of sulfonamides is 1. The summed E-state index contributed by atoms with van der Waals surface area (Å²) < 4.78 is 33.6. The first-order valence-corrected chi connectivity index (χ1v) is 13.5. The number of hydrogen-bond acceptors (Lipinski definition) is 5. The standard InChI is InChI=1S/C27H30ClN3O5S/c1-4-29-27(33)20(2)30(18-21-10-8-9-13-25(21)28)26(32)19-31(22-11-6-5-7-12-22)37(34,35)24-16-14-23(36-3)15-17-24/h5-17,20H,4,18-19H2,1-3H3,(H,29,33). The molecule has 0 saturated heterocycles. The molecule has 196 valence electrons. The zero-order chi connectivity index (χ0) is 27.0. The van der Waals surface area contributed by atoms with Crippen LogP contribution in [0.15, 0.2) is 83.8 Å². The molecule has 37 heavy (non-hydrogen) atoms. The van der Waals surface area contributed by atoms with Gasteiger partial charge >= 0.3 is 0 Å². The summed E-state index contributed by atoms with van der Waals surface area (Å²) in [6, 6.07) is 20.4. The van der Waals surface area contributed by atoms with Gasteiger partial charge in [-0.15, -0.1) is 0 Å².